The zero-order valence-corrected chi connectivity index (χ0v) is 9.33. The first-order valence-corrected chi connectivity index (χ1v) is 5.28. The lowest BCUT2D eigenvalue weighted by Crippen LogP contribution is -2.27. The minimum atomic E-state index is -0.814. The third kappa shape index (κ3) is 1.81. The Balaban J connectivity index is 2.34. The molecular formula is C12H15NO3. The third-order valence-electron chi connectivity index (χ3n) is 3.00. The van der Waals surface area contributed by atoms with Gasteiger partial charge in [0, 0.05) is 7.05 Å². The molecule has 0 aromatic heterocycles. The van der Waals surface area contributed by atoms with Crippen molar-refractivity contribution in [2.24, 2.45) is 5.92 Å². The van der Waals surface area contributed by atoms with E-state index in [4.69, 9.17) is 4.84 Å². The normalized spacial score (nSPS) is 30.5. The van der Waals surface area contributed by atoms with Crippen LogP contribution in [0.5, 0.6) is 0 Å². The molecule has 1 aromatic rings. The summed E-state index contributed by atoms with van der Waals surface area (Å²) >= 11 is 0. The largest absolute Gasteiger partial charge is 0.481 e. The van der Waals surface area contributed by atoms with Crippen molar-refractivity contribution in [3.8, 4) is 0 Å². The molecular weight excluding hydrogens is 206 g/mol. The van der Waals surface area contributed by atoms with Gasteiger partial charge in [0.1, 0.15) is 5.92 Å². The Kier molecular flexibility index (Phi) is 2.94. The van der Waals surface area contributed by atoms with E-state index in [-0.39, 0.29) is 12.1 Å². The van der Waals surface area contributed by atoms with Gasteiger partial charge >= 0.3 is 5.97 Å². The molecule has 2 rings (SSSR count). The van der Waals surface area contributed by atoms with Crippen LogP contribution in [0.2, 0.25) is 0 Å². The van der Waals surface area contributed by atoms with Gasteiger partial charge in [-0.15, -0.1) is 0 Å². The van der Waals surface area contributed by atoms with Crippen molar-refractivity contribution in [1.29, 1.82) is 0 Å². The highest BCUT2D eigenvalue weighted by molar-refractivity contribution is 5.72. The highest BCUT2D eigenvalue weighted by Crippen LogP contribution is 2.37. The van der Waals surface area contributed by atoms with Crippen LogP contribution < -0.4 is 0 Å². The first-order valence-electron chi connectivity index (χ1n) is 5.28. The van der Waals surface area contributed by atoms with Crippen molar-refractivity contribution in [3.05, 3.63) is 35.9 Å². The fourth-order valence-corrected chi connectivity index (χ4v) is 2.28. The predicted molar refractivity (Wildman–Crippen MR) is 58.6 cm³/mol. The first kappa shape index (κ1) is 11.1. The standard InChI is InChI=1S/C12H15NO3/c1-8-10(12(14)15)11(13(2)16-8)9-6-4-3-5-7-9/h3-8,10-11H,1-2H3,(H,14,15). The van der Waals surface area contributed by atoms with Crippen LogP contribution in [-0.2, 0) is 9.63 Å². The van der Waals surface area contributed by atoms with E-state index in [1.807, 2.05) is 30.3 Å². The van der Waals surface area contributed by atoms with Crippen molar-refractivity contribution in [3.63, 3.8) is 0 Å². The van der Waals surface area contributed by atoms with Crippen LogP contribution >= 0.6 is 0 Å². The first-order chi connectivity index (χ1) is 7.61. The molecule has 3 atom stereocenters. The average Bonchev–Trinajstić information content (AvgIpc) is 2.55. The van der Waals surface area contributed by atoms with Gasteiger partial charge in [0.25, 0.3) is 0 Å². The number of carboxylic acids is 1. The number of aliphatic carboxylic acids is 1. The molecule has 16 heavy (non-hydrogen) atoms. The molecule has 1 aliphatic rings. The predicted octanol–water partition coefficient (Wildman–Crippen LogP) is 1.69. The molecule has 1 heterocycles. The molecule has 3 unspecified atom stereocenters. The van der Waals surface area contributed by atoms with Gasteiger partial charge in [0.2, 0.25) is 0 Å². The molecule has 1 fully saturated rings. The highest BCUT2D eigenvalue weighted by Gasteiger charge is 2.44. The molecule has 0 bridgehead atoms. The molecule has 0 aliphatic carbocycles. The van der Waals surface area contributed by atoms with Gasteiger partial charge in [0.15, 0.2) is 0 Å². The number of rotatable bonds is 2. The van der Waals surface area contributed by atoms with E-state index in [9.17, 15) is 9.90 Å². The molecule has 0 saturated carbocycles. The van der Waals surface area contributed by atoms with E-state index in [2.05, 4.69) is 0 Å². The second-order valence-corrected chi connectivity index (χ2v) is 4.08. The van der Waals surface area contributed by atoms with E-state index < -0.39 is 11.9 Å². The molecule has 1 aliphatic heterocycles. The lowest BCUT2D eigenvalue weighted by molar-refractivity contribution is -0.146. The molecule has 1 saturated heterocycles. The van der Waals surface area contributed by atoms with Crippen LogP contribution in [0.15, 0.2) is 30.3 Å². The summed E-state index contributed by atoms with van der Waals surface area (Å²) in [5, 5.41) is 10.9. The van der Waals surface area contributed by atoms with Crippen LogP contribution in [0.4, 0.5) is 0 Å². The topological polar surface area (TPSA) is 49.8 Å². The summed E-state index contributed by atoms with van der Waals surface area (Å²) in [5.41, 5.74) is 0.974. The van der Waals surface area contributed by atoms with E-state index >= 15 is 0 Å². The minimum Gasteiger partial charge on any atom is -0.481 e. The van der Waals surface area contributed by atoms with Gasteiger partial charge < -0.3 is 5.11 Å². The maximum atomic E-state index is 11.2. The zero-order chi connectivity index (χ0) is 11.7. The molecule has 4 heteroatoms. The Labute approximate surface area is 94.4 Å². The molecule has 0 amide bonds. The van der Waals surface area contributed by atoms with E-state index in [1.54, 1.807) is 19.0 Å². The minimum absolute atomic E-state index is 0.214. The molecule has 1 aromatic carbocycles. The molecule has 4 nitrogen and oxygen atoms in total. The molecule has 86 valence electrons. The monoisotopic (exact) mass is 221 g/mol. The number of hydrogen-bond acceptors (Lipinski definition) is 3. The summed E-state index contributed by atoms with van der Waals surface area (Å²) < 4.78 is 0. The van der Waals surface area contributed by atoms with Crippen molar-refractivity contribution >= 4 is 5.97 Å². The molecule has 0 spiro atoms. The summed E-state index contributed by atoms with van der Waals surface area (Å²) in [4.78, 5) is 16.7. The van der Waals surface area contributed by atoms with Crippen LogP contribution in [0.25, 0.3) is 0 Å². The quantitative estimate of drug-likeness (QED) is 0.825. The lowest BCUT2D eigenvalue weighted by atomic mass is 9.90. The third-order valence-corrected chi connectivity index (χ3v) is 3.00. The summed E-state index contributed by atoms with van der Waals surface area (Å²) in [6.07, 6.45) is -0.298. The van der Waals surface area contributed by atoms with Gasteiger partial charge in [-0.1, -0.05) is 30.3 Å². The van der Waals surface area contributed by atoms with Crippen LogP contribution in [0.1, 0.15) is 18.5 Å². The van der Waals surface area contributed by atoms with Gasteiger partial charge in [-0.05, 0) is 12.5 Å². The highest BCUT2D eigenvalue weighted by atomic mass is 16.7. The molecule has 0 radical (unpaired) electrons. The fourth-order valence-electron chi connectivity index (χ4n) is 2.28. The van der Waals surface area contributed by atoms with Crippen LogP contribution in [0, 0.1) is 5.92 Å². The Morgan fingerprint density at radius 3 is 2.56 bits per heavy atom. The fraction of sp³-hybridized carbons (Fsp3) is 0.417. The van der Waals surface area contributed by atoms with E-state index in [0.29, 0.717) is 0 Å². The Bertz CT molecular complexity index is 379. The SMILES string of the molecule is CC1ON(C)C(c2ccccc2)C1C(=O)O. The Hall–Kier alpha value is -1.39. The Morgan fingerprint density at radius 1 is 1.38 bits per heavy atom. The summed E-state index contributed by atoms with van der Waals surface area (Å²) in [6, 6.07) is 9.37. The zero-order valence-electron chi connectivity index (χ0n) is 9.33. The second-order valence-electron chi connectivity index (χ2n) is 4.08. The van der Waals surface area contributed by atoms with Crippen LogP contribution in [0.3, 0.4) is 0 Å². The lowest BCUT2D eigenvalue weighted by Gasteiger charge is -2.20. The van der Waals surface area contributed by atoms with Crippen molar-refractivity contribution in [2.45, 2.75) is 19.1 Å². The average molecular weight is 221 g/mol. The number of carbonyl (C=O) groups is 1. The van der Waals surface area contributed by atoms with E-state index in [1.165, 1.54) is 0 Å². The van der Waals surface area contributed by atoms with Crippen molar-refractivity contribution < 1.29 is 14.7 Å². The summed E-state index contributed by atoms with van der Waals surface area (Å²) in [6.45, 7) is 1.79. The van der Waals surface area contributed by atoms with Crippen LogP contribution in [-0.4, -0.2) is 29.3 Å². The van der Waals surface area contributed by atoms with Crippen molar-refractivity contribution in [2.75, 3.05) is 7.05 Å². The number of hydrogen-bond donors (Lipinski definition) is 1. The maximum Gasteiger partial charge on any atom is 0.311 e. The van der Waals surface area contributed by atoms with Gasteiger partial charge in [0.05, 0.1) is 12.1 Å². The van der Waals surface area contributed by atoms with Gasteiger partial charge in [-0.25, -0.2) is 0 Å². The maximum absolute atomic E-state index is 11.2. The Morgan fingerprint density at radius 2 is 2.00 bits per heavy atom. The van der Waals surface area contributed by atoms with Gasteiger partial charge in [-0.3, -0.25) is 9.63 Å². The number of benzene rings is 1. The van der Waals surface area contributed by atoms with Crippen molar-refractivity contribution in [1.82, 2.24) is 5.06 Å². The molecule has 1 N–H and O–H groups in total. The number of hydroxylamine groups is 2. The summed E-state index contributed by atoms with van der Waals surface area (Å²) in [7, 11) is 1.77. The van der Waals surface area contributed by atoms with Gasteiger partial charge in [-0.2, -0.15) is 5.06 Å². The number of nitrogens with zero attached hydrogens (tertiary/aromatic N) is 1. The smallest absolute Gasteiger partial charge is 0.311 e. The number of carboxylic acid groups (broad SMARTS) is 1. The van der Waals surface area contributed by atoms with E-state index in [0.717, 1.165) is 5.56 Å². The summed E-state index contributed by atoms with van der Waals surface area (Å²) in [5.74, 6) is -1.34. The second kappa shape index (κ2) is 4.23.